The van der Waals surface area contributed by atoms with Gasteiger partial charge in [-0.3, -0.25) is 4.79 Å². The lowest BCUT2D eigenvalue weighted by atomic mass is 10.2. The predicted molar refractivity (Wildman–Crippen MR) is 54.4 cm³/mol. The molecule has 0 rings (SSSR count). The molecule has 0 heterocycles. The first-order valence-electron chi connectivity index (χ1n) is 4.76. The Hall–Kier alpha value is -0.610. The first-order valence-corrected chi connectivity index (χ1v) is 4.76. The first-order chi connectivity index (χ1) is 6.07. The fraction of sp³-hybridized carbons (Fsp3) is 0.889. The molecule has 0 bridgehead atoms. The zero-order valence-corrected chi connectivity index (χ0v) is 8.84. The average molecular weight is 187 g/mol. The second-order valence-corrected chi connectivity index (χ2v) is 3.46. The van der Waals surface area contributed by atoms with Crippen LogP contribution < -0.4 is 11.1 Å². The van der Waals surface area contributed by atoms with Crippen molar-refractivity contribution in [3.05, 3.63) is 0 Å². The molecular weight excluding hydrogens is 166 g/mol. The van der Waals surface area contributed by atoms with Crippen LogP contribution in [-0.4, -0.2) is 44.0 Å². The molecule has 0 spiro atoms. The quantitative estimate of drug-likeness (QED) is 0.566. The van der Waals surface area contributed by atoms with Gasteiger partial charge in [-0.2, -0.15) is 0 Å². The van der Waals surface area contributed by atoms with E-state index in [1.54, 1.807) is 0 Å². The van der Waals surface area contributed by atoms with E-state index in [0.717, 1.165) is 13.0 Å². The maximum atomic E-state index is 11.2. The Morgan fingerprint density at radius 1 is 1.54 bits per heavy atom. The summed E-state index contributed by atoms with van der Waals surface area (Å²) in [4.78, 5) is 13.3. The Bertz CT molecular complexity index is 148. The Morgan fingerprint density at radius 3 is 2.62 bits per heavy atom. The molecule has 1 unspecified atom stereocenters. The number of nitrogens with zero attached hydrogens (tertiary/aromatic N) is 1. The van der Waals surface area contributed by atoms with E-state index >= 15 is 0 Å². The van der Waals surface area contributed by atoms with Gasteiger partial charge in [0.1, 0.15) is 0 Å². The summed E-state index contributed by atoms with van der Waals surface area (Å²) in [5.74, 6) is -0.0405. The minimum atomic E-state index is -0.348. The number of rotatable bonds is 6. The molecule has 0 aliphatic rings. The Labute approximate surface area is 80.5 Å². The summed E-state index contributed by atoms with van der Waals surface area (Å²) in [7, 11) is 4.03. The Balaban J connectivity index is 3.37. The van der Waals surface area contributed by atoms with Gasteiger partial charge >= 0.3 is 0 Å². The van der Waals surface area contributed by atoms with E-state index in [2.05, 4.69) is 10.2 Å². The van der Waals surface area contributed by atoms with E-state index in [-0.39, 0.29) is 11.9 Å². The molecule has 3 N–H and O–H groups in total. The van der Waals surface area contributed by atoms with Crippen LogP contribution in [0.15, 0.2) is 0 Å². The molecule has 0 aromatic heterocycles. The standard InChI is InChI=1S/C9H21N3O/c1-4-8(10)9(13)11-6-5-7-12(2)3/h8H,4-7,10H2,1-3H3,(H,11,13). The molecule has 0 aliphatic carbocycles. The third-order valence-electron chi connectivity index (χ3n) is 1.86. The highest BCUT2D eigenvalue weighted by Gasteiger charge is 2.08. The minimum absolute atomic E-state index is 0.0405. The van der Waals surface area contributed by atoms with Crippen molar-refractivity contribution in [3.63, 3.8) is 0 Å². The van der Waals surface area contributed by atoms with Gasteiger partial charge in [-0.15, -0.1) is 0 Å². The number of amides is 1. The Morgan fingerprint density at radius 2 is 2.15 bits per heavy atom. The number of hydrogen-bond donors (Lipinski definition) is 2. The van der Waals surface area contributed by atoms with Crippen LogP contribution in [0, 0.1) is 0 Å². The van der Waals surface area contributed by atoms with Crippen molar-refractivity contribution in [1.29, 1.82) is 0 Å². The molecule has 4 heteroatoms. The number of nitrogens with two attached hydrogens (primary N) is 1. The molecule has 0 radical (unpaired) electrons. The van der Waals surface area contributed by atoms with Crippen molar-refractivity contribution in [1.82, 2.24) is 10.2 Å². The highest BCUT2D eigenvalue weighted by Crippen LogP contribution is 1.86. The summed E-state index contributed by atoms with van der Waals surface area (Å²) in [6.45, 7) is 3.61. The molecule has 0 aromatic rings. The third-order valence-corrected chi connectivity index (χ3v) is 1.86. The van der Waals surface area contributed by atoms with Gasteiger partial charge in [-0.25, -0.2) is 0 Å². The zero-order chi connectivity index (χ0) is 10.3. The van der Waals surface area contributed by atoms with Crippen molar-refractivity contribution < 1.29 is 4.79 Å². The molecule has 78 valence electrons. The highest BCUT2D eigenvalue weighted by molar-refractivity contribution is 5.81. The summed E-state index contributed by atoms with van der Waals surface area (Å²) in [5.41, 5.74) is 5.54. The minimum Gasteiger partial charge on any atom is -0.355 e. The second-order valence-electron chi connectivity index (χ2n) is 3.46. The molecule has 1 atom stereocenters. The van der Waals surface area contributed by atoms with E-state index in [0.29, 0.717) is 13.0 Å². The van der Waals surface area contributed by atoms with Crippen molar-refractivity contribution >= 4 is 5.91 Å². The number of hydrogen-bond acceptors (Lipinski definition) is 3. The normalized spacial score (nSPS) is 13.0. The van der Waals surface area contributed by atoms with Crippen LogP contribution in [0.5, 0.6) is 0 Å². The van der Waals surface area contributed by atoms with Crippen LogP contribution in [-0.2, 0) is 4.79 Å². The van der Waals surface area contributed by atoms with Crippen LogP contribution >= 0.6 is 0 Å². The fourth-order valence-corrected chi connectivity index (χ4v) is 0.923. The van der Waals surface area contributed by atoms with E-state index in [1.165, 1.54) is 0 Å². The molecule has 0 saturated carbocycles. The van der Waals surface area contributed by atoms with Crippen LogP contribution in [0.3, 0.4) is 0 Å². The van der Waals surface area contributed by atoms with Crippen LogP contribution in [0.2, 0.25) is 0 Å². The van der Waals surface area contributed by atoms with E-state index in [4.69, 9.17) is 5.73 Å². The predicted octanol–water partition coefficient (Wildman–Crippen LogP) is -0.208. The maximum Gasteiger partial charge on any atom is 0.236 e. The van der Waals surface area contributed by atoms with Crippen molar-refractivity contribution in [2.75, 3.05) is 27.2 Å². The van der Waals surface area contributed by atoms with Gasteiger partial charge in [0.2, 0.25) is 5.91 Å². The molecule has 0 saturated heterocycles. The molecule has 1 amide bonds. The van der Waals surface area contributed by atoms with Crippen LogP contribution in [0.1, 0.15) is 19.8 Å². The van der Waals surface area contributed by atoms with E-state index < -0.39 is 0 Å². The van der Waals surface area contributed by atoms with E-state index in [9.17, 15) is 4.79 Å². The fourth-order valence-electron chi connectivity index (χ4n) is 0.923. The summed E-state index contributed by atoms with van der Waals surface area (Å²) in [6, 6.07) is -0.348. The van der Waals surface area contributed by atoms with Crippen molar-refractivity contribution in [2.45, 2.75) is 25.8 Å². The summed E-state index contributed by atoms with van der Waals surface area (Å²) in [6.07, 6.45) is 1.66. The smallest absolute Gasteiger partial charge is 0.236 e. The average Bonchev–Trinajstić information content (AvgIpc) is 2.10. The van der Waals surface area contributed by atoms with Crippen molar-refractivity contribution in [2.24, 2.45) is 5.73 Å². The lowest BCUT2D eigenvalue weighted by Crippen LogP contribution is -2.40. The van der Waals surface area contributed by atoms with Gasteiger partial charge in [-0.1, -0.05) is 6.92 Å². The summed E-state index contributed by atoms with van der Waals surface area (Å²) < 4.78 is 0. The lowest BCUT2D eigenvalue weighted by Gasteiger charge is -2.12. The molecule has 0 aliphatic heterocycles. The van der Waals surface area contributed by atoms with Gasteiger partial charge in [-0.05, 0) is 33.5 Å². The zero-order valence-electron chi connectivity index (χ0n) is 8.84. The van der Waals surface area contributed by atoms with Gasteiger partial charge < -0.3 is 16.0 Å². The maximum absolute atomic E-state index is 11.2. The number of carbonyl (C=O) groups is 1. The van der Waals surface area contributed by atoms with Gasteiger partial charge in [0.15, 0.2) is 0 Å². The first kappa shape index (κ1) is 12.4. The largest absolute Gasteiger partial charge is 0.355 e. The van der Waals surface area contributed by atoms with Gasteiger partial charge in [0, 0.05) is 6.54 Å². The highest BCUT2D eigenvalue weighted by atomic mass is 16.2. The van der Waals surface area contributed by atoms with Crippen LogP contribution in [0.4, 0.5) is 0 Å². The molecule has 13 heavy (non-hydrogen) atoms. The van der Waals surface area contributed by atoms with Gasteiger partial charge in [0.05, 0.1) is 6.04 Å². The SMILES string of the molecule is CCC(N)C(=O)NCCCN(C)C. The van der Waals surface area contributed by atoms with Crippen molar-refractivity contribution in [3.8, 4) is 0 Å². The monoisotopic (exact) mass is 187 g/mol. The van der Waals surface area contributed by atoms with Gasteiger partial charge in [0.25, 0.3) is 0 Å². The number of carbonyl (C=O) groups excluding carboxylic acids is 1. The summed E-state index contributed by atoms with van der Waals surface area (Å²) >= 11 is 0. The third kappa shape index (κ3) is 6.54. The Kier molecular flexibility index (Phi) is 6.54. The molecule has 0 aromatic carbocycles. The lowest BCUT2D eigenvalue weighted by molar-refractivity contribution is -0.122. The molecular formula is C9H21N3O. The topological polar surface area (TPSA) is 58.4 Å². The molecule has 0 fully saturated rings. The van der Waals surface area contributed by atoms with E-state index in [1.807, 2.05) is 21.0 Å². The second kappa shape index (κ2) is 6.86. The molecule has 4 nitrogen and oxygen atoms in total. The summed E-state index contributed by atoms with van der Waals surface area (Å²) in [5, 5.41) is 2.80. The number of nitrogens with one attached hydrogen (secondary N) is 1. The van der Waals surface area contributed by atoms with Crippen LogP contribution in [0.25, 0.3) is 0 Å².